The third-order valence-corrected chi connectivity index (χ3v) is 1.64. The third-order valence-electron chi connectivity index (χ3n) is 1.64. The topological polar surface area (TPSA) is 3.24 Å². The molecule has 1 aliphatic rings. The molecule has 0 aromatic heterocycles. The predicted molar refractivity (Wildman–Crippen MR) is 59.5 cm³/mol. The highest BCUT2D eigenvalue weighted by Gasteiger charge is 1.98. The van der Waals surface area contributed by atoms with Gasteiger partial charge in [0.1, 0.15) is 0 Å². The van der Waals surface area contributed by atoms with Gasteiger partial charge in [0.15, 0.2) is 0 Å². The first-order valence-corrected chi connectivity index (χ1v) is 3.72. The molecule has 0 N–H and O–H groups in total. The molecule has 1 aliphatic heterocycles. The first-order chi connectivity index (χ1) is 5.36. The molecule has 0 aromatic carbocycles. The SMILES string of the molecule is Br.C=CCN1C=CC(C=C)=CC1. The molecule has 0 amide bonds. The summed E-state index contributed by atoms with van der Waals surface area (Å²) in [5, 5.41) is 0. The first-order valence-electron chi connectivity index (χ1n) is 3.72. The molecule has 0 atom stereocenters. The average molecular weight is 228 g/mol. The highest BCUT2D eigenvalue weighted by Crippen LogP contribution is 2.06. The first kappa shape index (κ1) is 11.2. The van der Waals surface area contributed by atoms with Gasteiger partial charge in [0.2, 0.25) is 0 Å². The summed E-state index contributed by atoms with van der Waals surface area (Å²) in [5.41, 5.74) is 1.20. The van der Waals surface area contributed by atoms with E-state index in [-0.39, 0.29) is 17.0 Å². The van der Waals surface area contributed by atoms with Gasteiger partial charge < -0.3 is 4.90 Å². The molecule has 0 saturated carbocycles. The van der Waals surface area contributed by atoms with Crippen LogP contribution in [0.3, 0.4) is 0 Å². The number of nitrogens with zero attached hydrogens (tertiary/aromatic N) is 1. The third kappa shape index (κ3) is 3.09. The molecule has 0 fully saturated rings. The van der Waals surface area contributed by atoms with Crippen LogP contribution in [0.2, 0.25) is 0 Å². The van der Waals surface area contributed by atoms with E-state index in [0.29, 0.717) is 0 Å². The lowest BCUT2D eigenvalue weighted by molar-refractivity contribution is 0.457. The van der Waals surface area contributed by atoms with E-state index in [1.165, 1.54) is 5.57 Å². The molecule has 1 heterocycles. The van der Waals surface area contributed by atoms with Crippen molar-refractivity contribution in [3.63, 3.8) is 0 Å². The monoisotopic (exact) mass is 227 g/mol. The maximum atomic E-state index is 3.70. The Bertz CT molecular complexity index is 216. The molecular formula is C10H14BrN. The number of allylic oxidation sites excluding steroid dienone is 3. The van der Waals surface area contributed by atoms with Crippen molar-refractivity contribution >= 4 is 17.0 Å². The molecule has 0 spiro atoms. The second-order valence-corrected chi connectivity index (χ2v) is 2.47. The summed E-state index contributed by atoms with van der Waals surface area (Å²) >= 11 is 0. The molecule has 12 heavy (non-hydrogen) atoms. The maximum Gasteiger partial charge on any atom is 0.0366 e. The van der Waals surface area contributed by atoms with Gasteiger partial charge in [-0.1, -0.05) is 24.8 Å². The lowest BCUT2D eigenvalue weighted by atomic mass is 10.2. The molecule has 0 aliphatic carbocycles. The quantitative estimate of drug-likeness (QED) is 0.671. The van der Waals surface area contributed by atoms with Gasteiger partial charge in [0.25, 0.3) is 0 Å². The van der Waals surface area contributed by atoms with Crippen LogP contribution in [0.1, 0.15) is 0 Å². The minimum Gasteiger partial charge on any atom is -0.370 e. The molecule has 1 nitrogen and oxygen atoms in total. The highest BCUT2D eigenvalue weighted by atomic mass is 79.9. The maximum absolute atomic E-state index is 3.70. The van der Waals surface area contributed by atoms with E-state index in [1.54, 1.807) is 0 Å². The van der Waals surface area contributed by atoms with Crippen molar-refractivity contribution in [2.75, 3.05) is 13.1 Å². The van der Waals surface area contributed by atoms with Crippen molar-refractivity contribution in [2.24, 2.45) is 0 Å². The van der Waals surface area contributed by atoms with Crippen molar-refractivity contribution in [3.05, 3.63) is 49.2 Å². The van der Waals surface area contributed by atoms with Crippen LogP contribution in [0.4, 0.5) is 0 Å². The fourth-order valence-corrected chi connectivity index (χ4v) is 0.996. The second-order valence-electron chi connectivity index (χ2n) is 2.47. The zero-order chi connectivity index (χ0) is 8.10. The summed E-state index contributed by atoms with van der Waals surface area (Å²) in [6, 6.07) is 0. The van der Waals surface area contributed by atoms with Crippen LogP contribution in [-0.4, -0.2) is 18.0 Å². The Balaban J connectivity index is 0.00000121. The van der Waals surface area contributed by atoms with E-state index in [9.17, 15) is 0 Å². The lowest BCUT2D eigenvalue weighted by Crippen LogP contribution is -2.19. The second kappa shape index (κ2) is 5.84. The zero-order valence-corrected chi connectivity index (χ0v) is 8.78. The van der Waals surface area contributed by atoms with Gasteiger partial charge in [0.05, 0.1) is 0 Å². The predicted octanol–water partition coefficient (Wildman–Crippen LogP) is 2.69. The molecule has 0 saturated heterocycles. The van der Waals surface area contributed by atoms with E-state index >= 15 is 0 Å². The molecule has 2 heteroatoms. The van der Waals surface area contributed by atoms with E-state index in [1.807, 2.05) is 12.2 Å². The fraction of sp³-hybridized carbons (Fsp3) is 0.200. The Labute approximate surface area is 84.5 Å². The lowest BCUT2D eigenvalue weighted by Gasteiger charge is -2.19. The largest absolute Gasteiger partial charge is 0.370 e. The van der Waals surface area contributed by atoms with Crippen molar-refractivity contribution in [2.45, 2.75) is 0 Å². The van der Waals surface area contributed by atoms with Crippen molar-refractivity contribution in [3.8, 4) is 0 Å². The van der Waals surface area contributed by atoms with E-state index < -0.39 is 0 Å². The van der Waals surface area contributed by atoms with Crippen molar-refractivity contribution in [1.29, 1.82) is 0 Å². The van der Waals surface area contributed by atoms with Gasteiger partial charge in [-0.3, -0.25) is 0 Å². The zero-order valence-electron chi connectivity index (χ0n) is 7.07. The standard InChI is InChI=1S/C10H13N.BrH/c1-3-7-11-8-5-10(4-2)6-9-11;/h3-6,8H,1-2,7,9H2;1H. The van der Waals surface area contributed by atoms with Gasteiger partial charge in [-0.25, -0.2) is 0 Å². The molecule has 0 unspecified atom stereocenters. The summed E-state index contributed by atoms with van der Waals surface area (Å²) in [4.78, 5) is 2.18. The summed E-state index contributed by atoms with van der Waals surface area (Å²) in [6.45, 7) is 9.25. The summed E-state index contributed by atoms with van der Waals surface area (Å²) < 4.78 is 0. The Morgan fingerprint density at radius 1 is 1.50 bits per heavy atom. The smallest absolute Gasteiger partial charge is 0.0366 e. The van der Waals surface area contributed by atoms with E-state index in [0.717, 1.165) is 13.1 Å². The van der Waals surface area contributed by atoms with Crippen LogP contribution in [0.25, 0.3) is 0 Å². The molecular weight excluding hydrogens is 214 g/mol. The van der Waals surface area contributed by atoms with Crippen molar-refractivity contribution < 1.29 is 0 Å². The van der Waals surface area contributed by atoms with Gasteiger partial charge in [-0.2, -0.15) is 0 Å². The number of rotatable bonds is 3. The molecule has 1 rings (SSSR count). The molecule has 0 radical (unpaired) electrons. The van der Waals surface area contributed by atoms with Crippen LogP contribution in [0, 0.1) is 0 Å². The number of hydrogen-bond donors (Lipinski definition) is 0. The van der Waals surface area contributed by atoms with Crippen LogP contribution >= 0.6 is 17.0 Å². The van der Waals surface area contributed by atoms with Gasteiger partial charge in [0, 0.05) is 19.3 Å². The van der Waals surface area contributed by atoms with E-state index in [4.69, 9.17) is 0 Å². The highest BCUT2D eigenvalue weighted by molar-refractivity contribution is 8.93. The molecule has 0 bridgehead atoms. The Kier molecular flexibility index (Phi) is 5.47. The minimum atomic E-state index is 0. The summed E-state index contributed by atoms with van der Waals surface area (Å²) in [7, 11) is 0. The summed E-state index contributed by atoms with van der Waals surface area (Å²) in [5.74, 6) is 0. The normalized spacial score (nSPS) is 14.7. The Hall–Kier alpha value is -0.760. The van der Waals surface area contributed by atoms with Gasteiger partial charge in [-0.15, -0.1) is 23.6 Å². The fourth-order valence-electron chi connectivity index (χ4n) is 0.996. The van der Waals surface area contributed by atoms with Crippen LogP contribution in [-0.2, 0) is 0 Å². The van der Waals surface area contributed by atoms with Crippen LogP contribution in [0.15, 0.2) is 49.2 Å². The number of hydrogen-bond acceptors (Lipinski definition) is 1. The van der Waals surface area contributed by atoms with Crippen LogP contribution in [0.5, 0.6) is 0 Å². The average Bonchev–Trinajstić information content (AvgIpc) is 2.07. The van der Waals surface area contributed by atoms with Gasteiger partial charge >= 0.3 is 0 Å². The Morgan fingerprint density at radius 2 is 2.25 bits per heavy atom. The number of halogens is 1. The van der Waals surface area contributed by atoms with E-state index in [2.05, 4.69) is 36.4 Å². The van der Waals surface area contributed by atoms with Gasteiger partial charge in [-0.05, 0) is 11.6 Å². The Morgan fingerprint density at radius 3 is 2.67 bits per heavy atom. The van der Waals surface area contributed by atoms with Crippen molar-refractivity contribution in [1.82, 2.24) is 4.90 Å². The molecule has 0 aromatic rings. The minimum absolute atomic E-state index is 0. The van der Waals surface area contributed by atoms with Crippen LogP contribution < -0.4 is 0 Å². The summed E-state index contributed by atoms with van der Waals surface area (Å²) in [6.07, 6.45) is 10.0. The molecule has 66 valence electrons.